The van der Waals surface area contributed by atoms with Gasteiger partial charge in [0.25, 0.3) is 5.91 Å². The molecule has 0 spiro atoms. The van der Waals surface area contributed by atoms with Crippen molar-refractivity contribution in [3.63, 3.8) is 0 Å². The second kappa shape index (κ2) is 5.94. The summed E-state index contributed by atoms with van der Waals surface area (Å²) in [6.07, 6.45) is 0.631. The van der Waals surface area contributed by atoms with Gasteiger partial charge in [-0.05, 0) is 38.3 Å². The van der Waals surface area contributed by atoms with E-state index < -0.39 is 5.72 Å². The summed E-state index contributed by atoms with van der Waals surface area (Å²) in [4.78, 5) is 14.5. The summed E-state index contributed by atoms with van der Waals surface area (Å²) in [6, 6.07) is 9.31. The molecule has 1 aromatic carbocycles. The zero-order chi connectivity index (χ0) is 14.8. The number of benzene rings is 1. The predicted molar refractivity (Wildman–Crippen MR) is 77.3 cm³/mol. The van der Waals surface area contributed by atoms with E-state index in [9.17, 15) is 9.90 Å². The highest BCUT2D eigenvalue weighted by Gasteiger charge is 2.45. The number of rotatable bonds is 4. The van der Waals surface area contributed by atoms with Crippen LogP contribution in [0.3, 0.4) is 0 Å². The maximum Gasteiger partial charge on any atom is 0.256 e. The van der Waals surface area contributed by atoms with Crippen LogP contribution in [0.25, 0.3) is 0 Å². The molecule has 1 saturated heterocycles. The first kappa shape index (κ1) is 15.0. The number of ether oxygens (including phenoxy) is 1. The van der Waals surface area contributed by atoms with Crippen molar-refractivity contribution in [2.75, 3.05) is 13.2 Å². The number of carbonyl (C=O) groups excluding carboxylic acids is 1. The van der Waals surface area contributed by atoms with Crippen LogP contribution in [0, 0.1) is 5.92 Å². The monoisotopic (exact) mass is 277 g/mol. The number of aliphatic hydroxyl groups excluding tert-OH is 1. The van der Waals surface area contributed by atoms with Crippen LogP contribution in [0.4, 0.5) is 0 Å². The van der Waals surface area contributed by atoms with Crippen LogP contribution in [-0.2, 0) is 4.74 Å². The summed E-state index contributed by atoms with van der Waals surface area (Å²) in [7, 11) is 0. The third-order valence-corrected chi connectivity index (χ3v) is 3.86. The van der Waals surface area contributed by atoms with E-state index in [-0.39, 0.29) is 24.5 Å². The quantitative estimate of drug-likeness (QED) is 0.918. The molecule has 110 valence electrons. The Morgan fingerprint density at radius 1 is 1.50 bits per heavy atom. The molecule has 0 aliphatic carbocycles. The molecule has 0 aromatic heterocycles. The molecule has 1 fully saturated rings. The fourth-order valence-electron chi connectivity index (χ4n) is 2.91. The van der Waals surface area contributed by atoms with E-state index in [0.717, 1.165) is 0 Å². The van der Waals surface area contributed by atoms with Crippen LogP contribution in [0.5, 0.6) is 0 Å². The average Bonchev–Trinajstić information content (AvgIpc) is 2.74. The van der Waals surface area contributed by atoms with Crippen molar-refractivity contribution in [3.05, 3.63) is 35.9 Å². The van der Waals surface area contributed by atoms with Gasteiger partial charge in [-0.2, -0.15) is 0 Å². The third kappa shape index (κ3) is 2.86. The molecule has 4 heteroatoms. The molecule has 0 radical (unpaired) electrons. The van der Waals surface area contributed by atoms with E-state index in [1.807, 2.05) is 56.0 Å². The van der Waals surface area contributed by atoms with E-state index >= 15 is 0 Å². The SMILES string of the molecule is C[C@@H](CO)C[C@]1(C)OC[C@@H](C)N1C(=O)c1ccccc1. The maximum absolute atomic E-state index is 12.7. The summed E-state index contributed by atoms with van der Waals surface area (Å²) in [5, 5.41) is 9.26. The lowest BCUT2D eigenvalue weighted by Crippen LogP contribution is -2.50. The molecule has 1 heterocycles. The summed E-state index contributed by atoms with van der Waals surface area (Å²) >= 11 is 0. The second-order valence-electron chi connectivity index (χ2n) is 5.87. The van der Waals surface area contributed by atoms with Gasteiger partial charge in [-0.25, -0.2) is 0 Å². The first-order valence-corrected chi connectivity index (χ1v) is 7.11. The Morgan fingerprint density at radius 2 is 2.15 bits per heavy atom. The molecule has 1 amide bonds. The van der Waals surface area contributed by atoms with Crippen molar-refractivity contribution in [3.8, 4) is 0 Å². The zero-order valence-electron chi connectivity index (χ0n) is 12.4. The number of carbonyl (C=O) groups is 1. The molecular formula is C16H23NO3. The highest BCUT2D eigenvalue weighted by molar-refractivity contribution is 5.95. The summed E-state index contributed by atoms with van der Waals surface area (Å²) in [5.74, 6) is 0.0830. The van der Waals surface area contributed by atoms with E-state index in [1.54, 1.807) is 0 Å². The van der Waals surface area contributed by atoms with Gasteiger partial charge < -0.3 is 14.7 Å². The lowest BCUT2D eigenvalue weighted by Gasteiger charge is -2.37. The third-order valence-electron chi connectivity index (χ3n) is 3.86. The number of nitrogens with zero attached hydrogens (tertiary/aromatic N) is 1. The van der Waals surface area contributed by atoms with Crippen molar-refractivity contribution in [1.82, 2.24) is 4.90 Å². The Kier molecular flexibility index (Phi) is 4.45. The van der Waals surface area contributed by atoms with Crippen LogP contribution in [0.15, 0.2) is 30.3 Å². The van der Waals surface area contributed by atoms with Crippen LogP contribution < -0.4 is 0 Å². The molecular weight excluding hydrogens is 254 g/mol. The van der Waals surface area contributed by atoms with Crippen molar-refractivity contribution in [1.29, 1.82) is 0 Å². The first-order valence-electron chi connectivity index (χ1n) is 7.11. The Hall–Kier alpha value is -1.39. The Balaban J connectivity index is 2.24. The highest BCUT2D eigenvalue weighted by atomic mass is 16.5. The first-order chi connectivity index (χ1) is 9.48. The largest absolute Gasteiger partial charge is 0.396 e. The van der Waals surface area contributed by atoms with Crippen molar-refractivity contribution in [2.45, 2.75) is 39.0 Å². The van der Waals surface area contributed by atoms with E-state index in [1.165, 1.54) is 0 Å². The van der Waals surface area contributed by atoms with Gasteiger partial charge in [0.15, 0.2) is 0 Å². The Bertz CT molecular complexity index is 462. The predicted octanol–water partition coefficient (Wildman–Crippen LogP) is 2.28. The molecule has 0 bridgehead atoms. The Labute approximate surface area is 120 Å². The standard InChI is InChI=1S/C16H23NO3/c1-12(10-18)9-16(3)17(13(2)11-20-16)15(19)14-7-5-4-6-8-14/h4-8,12-13,18H,9-11H2,1-3H3/t12-,13-,16+/m1/s1. The summed E-state index contributed by atoms with van der Waals surface area (Å²) in [6.45, 7) is 6.52. The fourth-order valence-corrected chi connectivity index (χ4v) is 2.91. The number of hydrogen-bond donors (Lipinski definition) is 1. The normalized spacial score (nSPS) is 27.6. The van der Waals surface area contributed by atoms with Crippen LogP contribution in [-0.4, -0.2) is 40.9 Å². The maximum atomic E-state index is 12.7. The minimum atomic E-state index is -0.644. The molecule has 1 aliphatic rings. The number of hydrogen-bond acceptors (Lipinski definition) is 3. The lowest BCUT2D eigenvalue weighted by molar-refractivity contribution is -0.0731. The van der Waals surface area contributed by atoms with E-state index in [0.29, 0.717) is 18.6 Å². The smallest absolute Gasteiger partial charge is 0.256 e. The average molecular weight is 277 g/mol. The molecule has 1 aromatic rings. The topological polar surface area (TPSA) is 49.8 Å². The zero-order valence-corrected chi connectivity index (χ0v) is 12.4. The molecule has 20 heavy (non-hydrogen) atoms. The second-order valence-corrected chi connectivity index (χ2v) is 5.87. The molecule has 4 nitrogen and oxygen atoms in total. The van der Waals surface area contributed by atoms with Gasteiger partial charge in [-0.1, -0.05) is 25.1 Å². The minimum Gasteiger partial charge on any atom is -0.396 e. The van der Waals surface area contributed by atoms with Crippen LogP contribution in [0.1, 0.15) is 37.6 Å². The molecule has 3 atom stereocenters. The van der Waals surface area contributed by atoms with Gasteiger partial charge in [0.05, 0.1) is 12.6 Å². The molecule has 0 unspecified atom stereocenters. The molecule has 1 N–H and O–H groups in total. The van der Waals surface area contributed by atoms with E-state index in [2.05, 4.69) is 0 Å². The van der Waals surface area contributed by atoms with Crippen molar-refractivity contribution >= 4 is 5.91 Å². The number of amides is 1. The highest BCUT2D eigenvalue weighted by Crippen LogP contribution is 2.34. The van der Waals surface area contributed by atoms with Gasteiger partial charge in [-0.3, -0.25) is 4.79 Å². The van der Waals surface area contributed by atoms with Gasteiger partial charge in [0.2, 0.25) is 0 Å². The van der Waals surface area contributed by atoms with Gasteiger partial charge in [0, 0.05) is 12.2 Å². The summed E-state index contributed by atoms with van der Waals surface area (Å²) in [5.41, 5.74) is 0.0295. The van der Waals surface area contributed by atoms with Crippen molar-refractivity contribution in [2.24, 2.45) is 5.92 Å². The van der Waals surface area contributed by atoms with Gasteiger partial charge in [-0.15, -0.1) is 0 Å². The van der Waals surface area contributed by atoms with Gasteiger partial charge >= 0.3 is 0 Å². The molecule has 0 saturated carbocycles. The summed E-state index contributed by atoms with van der Waals surface area (Å²) < 4.78 is 5.87. The number of aliphatic hydroxyl groups is 1. The molecule has 2 rings (SSSR count). The Morgan fingerprint density at radius 3 is 2.75 bits per heavy atom. The molecule has 1 aliphatic heterocycles. The van der Waals surface area contributed by atoms with Crippen molar-refractivity contribution < 1.29 is 14.6 Å². The van der Waals surface area contributed by atoms with Gasteiger partial charge in [0.1, 0.15) is 5.72 Å². The fraction of sp³-hybridized carbons (Fsp3) is 0.562. The minimum absolute atomic E-state index is 0.0109. The van der Waals surface area contributed by atoms with Crippen LogP contribution in [0.2, 0.25) is 0 Å². The van der Waals surface area contributed by atoms with Crippen LogP contribution >= 0.6 is 0 Å². The lowest BCUT2D eigenvalue weighted by atomic mass is 9.98. The van der Waals surface area contributed by atoms with E-state index in [4.69, 9.17) is 4.74 Å².